The van der Waals surface area contributed by atoms with Gasteiger partial charge in [0.25, 0.3) is 0 Å². The van der Waals surface area contributed by atoms with E-state index < -0.39 is 36.7 Å². The average molecular weight is 285 g/mol. The maximum Gasteiger partial charge on any atom is 0.335 e. The molecule has 0 aromatic heterocycles. The van der Waals surface area contributed by atoms with E-state index >= 15 is 0 Å². The lowest BCUT2D eigenvalue weighted by atomic mass is 9.99. The number of nitrogens with two attached hydrogens (primary N) is 1. The molecular weight excluding hydrogens is 270 g/mol. The molecule has 0 spiro atoms. The number of carboxylic acid groups (broad SMARTS) is 1. The molecule has 0 aliphatic carbocycles. The van der Waals surface area contributed by atoms with Crippen LogP contribution in [-0.4, -0.2) is 57.1 Å². The summed E-state index contributed by atoms with van der Waals surface area (Å²) < 4.78 is 10.2. The van der Waals surface area contributed by atoms with E-state index in [-0.39, 0.29) is 11.4 Å². The third-order valence-corrected chi connectivity index (χ3v) is 2.98. The van der Waals surface area contributed by atoms with Gasteiger partial charge in [-0.05, 0) is 12.1 Å². The Kier molecular flexibility index (Phi) is 4.09. The predicted octanol–water partition coefficient (Wildman–Crippen LogP) is -1.46. The second-order valence-corrected chi connectivity index (χ2v) is 4.39. The quantitative estimate of drug-likeness (QED) is 0.424. The van der Waals surface area contributed by atoms with Crippen LogP contribution in [0.4, 0.5) is 5.69 Å². The second kappa shape index (κ2) is 5.63. The highest BCUT2D eigenvalue weighted by molar-refractivity contribution is 5.73. The number of benzene rings is 1. The Morgan fingerprint density at radius 3 is 2.40 bits per heavy atom. The van der Waals surface area contributed by atoms with Gasteiger partial charge in [-0.1, -0.05) is 12.1 Å². The van der Waals surface area contributed by atoms with E-state index in [0.717, 1.165) is 0 Å². The third-order valence-electron chi connectivity index (χ3n) is 2.98. The molecule has 0 saturated carbocycles. The maximum atomic E-state index is 10.9. The molecule has 5 atom stereocenters. The molecule has 2 rings (SSSR count). The molecule has 0 radical (unpaired) electrons. The summed E-state index contributed by atoms with van der Waals surface area (Å²) in [4.78, 5) is 10.9. The van der Waals surface area contributed by atoms with Crippen molar-refractivity contribution in [3.8, 4) is 5.75 Å². The van der Waals surface area contributed by atoms with Crippen LogP contribution in [0.2, 0.25) is 0 Å². The van der Waals surface area contributed by atoms with Gasteiger partial charge < -0.3 is 35.6 Å². The van der Waals surface area contributed by atoms with E-state index in [1.165, 1.54) is 6.07 Å². The fraction of sp³-hybridized carbons (Fsp3) is 0.417. The van der Waals surface area contributed by atoms with Crippen molar-refractivity contribution in [3.05, 3.63) is 24.3 Å². The fourth-order valence-electron chi connectivity index (χ4n) is 1.86. The smallest absolute Gasteiger partial charge is 0.335 e. The Morgan fingerprint density at radius 1 is 1.15 bits per heavy atom. The van der Waals surface area contributed by atoms with Gasteiger partial charge in [0.05, 0.1) is 5.69 Å². The molecule has 6 N–H and O–H groups in total. The van der Waals surface area contributed by atoms with Gasteiger partial charge in [-0.3, -0.25) is 0 Å². The second-order valence-electron chi connectivity index (χ2n) is 4.39. The Morgan fingerprint density at radius 2 is 1.80 bits per heavy atom. The first-order chi connectivity index (χ1) is 9.41. The van der Waals surface area contributed by atoms with Crippen molar-refractivity contribution in [2.45, 2.75) is 30.7 Å². The molecule has 5 unspecified atom stereocenters. The SMILES string of the molecule is Nc1ccccc1OC1OC(C(=O)O)C(O)C(O)C1O. The van der Waals surface area contributed by atoms with Gasteiger partial charge in [-0.15, -0.1) is 0 Å². The minimum atomic E-state index is -1.75. The maximum absolute atomic E-state index is 10.9. The minimum absolute atomic E-state index is 0.171. The number of anilines is 1. The van der Waals surface area contributed by atoms with Gasteiger partial charge in [-0.2, -0.15) is 0 Å². The molecule has 20 heavy (non-hydrogen) atoms. The summed E-state index contributed by atoms with van der Waals surface area (Å²) in [6.07, 6.45) is -8.24. The number of aliphatic hydroxyl groups excluding tert-OH is 3. The van der Waals surface area contributed by atoms with Crippen molar-refractivity contribution in [3.63, 3.8) is 0 Å². The van der Waals surface area contributed by atoms with Crippen molar-refractivity contribution in [1.29, 1.82) is 0 Å². The largest absolute Gasteiger partial charge is 0.479 e. The van der Waals surface area contributed by atoms with Crippen molar-refractivity contribution in [1.82, 2.24) is 0 Å². The zero-order valence-electron chi connectivity index (χ0n) is 10.3. The Bertz CT molecular complexity index is 494. The lowest BCUT2D eigenvalue weighted by Gasteiger charge is -2.38. The molecule has 1 heterocycles. The van der Waals surface area contributed by atoms with Crippen LogP contribution in [0.5, 0.6) is 5.75 Å². The highest BCUT2D eigenvalue weighted by Crippen LogP contribution is 2.27. The number of para-hydroxylation sites is 2. The zero-order valence-corrected chi connectivity index (χ0v) is 10.3. The number of ether oxygens (including phenoxy) is 2. The number of hydrogen-bond acceptors (Lipinski definition) is 7. The monoisotopic (exact) mass is 285 g/mol. The van der Waals surface area contributed by atoms with Gasteiger partial charge in [-0.25, -0.2) is 4.79 Å². The molecule has 1 fully saturated rings. The molecule has 0 bridgehead atoms. The van der Waals surface area contributed by atoms with Crippen molar-refractivity contribution < 1.29 is 34.7 Å². The van der Waals surface area contributed by atoms with Gasteiger partial charge in [0.15, 0.2) is 6.10 Å². The molecular formula is C12H15NO7. The highest BCUT2D eigenvalue weighted by atomic mass is 16.7. The molecule has 8 nitrogen and oxygen atoms in total. The number of rotatable bonds is 3. The Balaban J connectivity index is 2.18. The fourth-order valence-corrected chi connectivity index (χ4v) is 1.86. The number of carbonyl (C=O) groups is 1. The van der Waals surface area contributed by atoms with Gasteiger partial charge in [0, 0.05) is 0 Å². The molecule has 1 aliphatic rings. The Labute approximate surface area is 114 Å². The summed E-state index contributed by atoms with van der Waals surface area (Å²) in [7, 11) is 0. The molecule has 1 aromatic carbocycles. The van der Waals surface area contributed by atoms with E-state index in [1.54, 1.807) is 18.2 Å². The number of aliphatic carboxylic acids is 1. The van der Waals surface area contributed by atoms with E-state index in [0.29, 0.717) is 0 Å². The standard InChI is InChI=1S/C12H15NO7/c13-5-3-1-2-4-6(5)19-12-9(16)7(14)8(15)10(20-12)11(17)18/h1-4,7-10,12,14-16H,13H2,(H,17,18). The first-order valence-corrected chi connectivity index (χ1v) is 5.85. The molecule has 1 aromatic rings. The van der Waals surface area contributed by atoms with Crippen LogP contribution in [0.3, 0.4) is 0 Å². The van der Waals surface area contributed by atoms with Gasteiger partial charge in [0.2, 0.25) is 6.29 Å². The van der Waals surface area contributed by atoms with Crippen LogP contribution >= 0.6 is 0 Å². The minimum Gasteiger partial charge on any atom is -0.479 e. The number of hydrogen-bond donors (Lipinski definition) is 5. The molecule has 1 aliphatic heterocycles. The Hall–Kier alpha value is -1.87. The van der Waals surface area contributed by atoms with E-state index in [9.17, 15) is 20.1 Å². The molecule has 0 amide bonds. The van der Waals surface area contributed by atoms with E-state index in [4.69, 9.17) is 20.3 Å². The van der Waals surface area contributed by atoms with E-state index in [1.807, 2.05) is 0 Å². The lowest BCUT2D eigenvalue weighted by Crippen LogP contribution is -2.61. The summed E-state index contributed by atoms with van der Waals surface area (Å²) in [5, 5.41) is 37.8. The van der Waals surface area contributed by atoms with Crippen molar-refractivity contribution in [2.24, 2.45) is 0 Å². The number of aliphatic hydroxyl groups is 3. The molecule has 1 saturated heterocycles. The number of nitrogen functional groups attached to an aromatic ring is 1. The first kappa shape index (κ1) is 14.5. The van der Waals surface area contributed by atoms with Gasteiger partial charge >= 0.3 is 5.97 Å². The van der Waals surface area contributed by atoms with E-state index in [2.05, 4.69) is 0 Å². The summed E-state index contributed by atoms with van der Waals surface area (Å²) in [6, 6.07) is 6.34. The van der Waals surface area contributed by atoms with Gasteiger partial charge in [0.1, 0.15) is 24.1 Å². The summed E-state index contributed by atoms with van der Waals surface area (Å²) in [6.45, 7) is 0. The zero-order chi connectivity index (χ0) is 14.9. The first-order valence-electron chi connectivity index (χ1n) is 5.85. The van der Waals surface area contributed by atoms with Crippen LogP contribution in [0, 0.1) is 0 Å². The summed E-state index contributed by atoms with van der Waals surface area (Å²) in [5.74, 6) is -1.30. The lowest BCUT2D eigenvalue weighted by molar-refractivity contribution is -0.271. The highest BCUT2D eigenvalue weighted by Gasteiger charge is 2.48. The summed E-state index contributed by atoms with van der Waals surface area (Å²) >= 11 is 0. The van der Waals surface area contributed by atoms with Crippen LogP contribution in [0.25, 0.3) is 0 Å². The summed E-state index contributed by atoms with van der Waals surface area (Å²) in [5.41, 5.74) is 5.91. The topological polar surface area (TPSA) is 142 Å². The van der Waals surface area contributed by atoms with Crippen molar-refractivity contribution >= 4 is 11.7 Å². The molecule has 8 heteroatoms. The predicted molar refractivity (Wildman–Crippen MR) is 65.8 cm³/mol. The van der Waals surface area contributed by atoms with Crippen LogP contribution in [0.1, 0.15) is 0 Å². The number of carboxylic acids is 1. The van der Waals surface area contributed by atoms with Crippen molar-refractivity contribution in [2.75, 3.05) is 5.73 Å². The average Bonchev–Trinajstić information content (AvgIpc) is 2.41. The normalized spacial score (nSPS) is 33.6. The van der Waals surface area contributed by atoms with Crippen LogP contribution in [-0.2, 0) is 9.53 Å². The third kappa shape index (κ3) is 2.68. The van der Waals surface area contributed by atoms with Crippen LogP contribution < -0.4 is 10.5 Å². The van der Waals surface area contributed by atoms with Crippen LogP contribution in [0.15, 0.2) is 24.3 Å². The molecule has 110 valence electrons.